The smallest absolute Gasteiger partial charge is 0.0727 e. The summed E-state index contributed by atoms with van der Waals surface area (Å²) in [6.07, 6.45) is 0. The molecule has 41 heavy (non-hydrogen) atoms. The summed E-state index contributed by atoms with van der Waals surface area (Å²) in [4.78, 5) is 0. The average molecular weight is 558 g/mol. The van der Waals surface area contributed by atoms with E-state index in [9.17, 15) is 0 Å². The van der Waals surface area contributed by atoms with Crippen LogP contribution in [0.3, 0.4) is 0 Å². The van der Waals surface area contributed by atoms with Crippen molar-refractivity contribution < 1.29 is 0 Å². The average Bonchev–Trinajstić information content (AvgIpc) is 3.69. The van der Waals surface area contributed by atoms with Crippen LogP contribution in [0.1, 0.15) is 0 Å². The molecule has 0 atom stereocenters. The Bertz CT molecular complexity index is 2410. The number of fused-ring (bicyclic) bond motifs is 8. The molecule has 192 valence electrons. The number of aromatic nitrogens is 1. The minimum absolute atomic E-state index is 1.20. The van der Waals surface area contributed by atoms with E-state index in [0.717, 1.165) is 0 Å². The molecule has 6 aromatic carbocycles. The van der Waals surface area contributed by atoms with Gasteiger partial charge in [0.15, 0.2) is 0 Å². The van der Waals surface area contributed by atoms with Crippen LogP contribution in [0.15, 0.2) is 140 Å². The molecule has 0 aliphatic carbocycles. The molecule has 0 bridgehead atoms. The SMILES string of the molecule is c1ccc(-c2ccc3c(c2)sc2cc(-c4ccc5sc6c7ccccc7n(-c7ccccc7)c6c5c4)ccc23)cc1. The van der Waals surface area contributed by atoms with Gasteiger partial charge in [-0.25, -0.2) is 0 Å². The van der Waals surface area contributed by atoms with Crippen LogP contribution < -0.4 is 0 Å². The van der Waals surface area contributed by atoms with Gasteiger partial charge in [0.05, 0.1) is 15.7 Å². The van der Waals surface area contributed by atoms with Crippen LogP contribution >= 0.6 is 22.7 Å². The second-order valence-corrected chi connectivity index (χ2v) is 12.7. The van der Waals surface area contributed by atoms with Gasteiger partial charge in [0, 0.05) is 41.3 Å². The molecule has 0 fully saturated rings. The van der Waals surface area contributed by atoms with Crippen LogP contribution in [-0.4, -0.2) is 4.57 Å². The minimum atomic E-state index is 1.20. The summed E-state index contributed by atoms with van der Waals surface area (Å²) < 4.78 is 7.78. The third-order valence-electron chi connectivity index (χ3n) is 8.20. The molecule has 0 N–H and O–H groups in total. The highest BCUT2D eigenvalue weighted by atomic mass is 32.1. The molecule has 3 heteroatoms. The van der Waals surface area contributed by atoms with E-state index < -0.39 is 0 Å². The van der Waals surface area contributed by atoms with Crippen LogP contribution in [0, 0.1) is 0 Å². The standard InChI is InChI=1S/C38H23NS2/c1-3-9-24(10-4-1)26-15-18-29-30-19-16-27(23-36(30)40-35(29)22-26)25-17-20-34-32(21-25)37-38(41-34)31-13-7-8-14-33(31)39(37)28-11-5-2-6-12-28/h1-23H. The van der Waals surface area contributed by atoms with Crippen LogP contribution in [0.4, 0.5) is 0 Å². The van der Waals surface area contributed by atoms with E-state index in [1.54, 1.807) is 0 Å². The lowest BCUT2D eigenvalue weighted by atomic mass is 10.0. The largest absolute Gasteiger partial charge is 0.308 e. The van der Waals surface area contributed by atoms with Crippen molar-refractivity contribution in [1.29, 1.82) is 0 Å². The predicted octanol–water partition coefficient (Wildman–Crippen LogP) is 11.7. The van der Waals surface area contributed by atoms with Gasteiger partial charge in [0.25, 0.3) is 0 Å². The van der Waals surface area contributed by atoms with Crippen molar-refractivity contribution in [1.82, 2.24) is 4.57 Å². The summed E-state index contributed by atoms with van der Waals surface area (Å²) in [5.74, 6) is 0. The van der Waals surface area contributed by atoms with Crippen molar-refractivity contribution in [3.63, 3.8) is 0 Å². The fourth-order valence-corrected chi connectivity index (χ4v) is 8.65. The number of hydrogen-bond acceptors (Lipinski definition) is 2. The van der Waals surface area contributed by atoms with E-state index in [1.807, 2.05) is 22.7 Å². The Hall–Kier alpha value is -4.70. The fourth-order valence-electron chi connectivity index (χ4n) is 6.26. The van der Waals surface area contributed by atoms with E-state index >= 15 is 0 Å². The fraction of sp³-hybridized carbons (Fsp3) is 0. The van der Waals surface area contributed by atoms with E-state index in [1.165, 1.54) is 79.3 Å². The van der Waals surface area contributed by atoms with E-state index in [-0.39, 0.29) is 0 Å². The molecule has 0 aliphatic rings. The molecular formula is C38H23NS2. The molecule has 0 spiro atoms. The van der Waals surface area contributed by atoms with Gasteiger partial charge >= 0.3 is 0 Å². The third-order valence-corrected chi connectivity index (χ3v) is 10.5. The van der Waals surface area contributed by atoms with Crippen LogP contribution in [-0.2, 0) is 0 Å². The molecule has 1 nitrogen and oxygen atoms in total. The Morgan fingerprint density at radius 1 is 0.390 bits per heavy atom. The summed E-state index contributed by atoms with van der Waals surface area (Å²) in [7, 11) is 0. The molecule has 0 saturated carbocycles. The molecule has 3 aromatic heterocycles. The van der Waals surface area contributed by atoms with Crippen molar-refractivity contribution in [3.05, 3.63) is 140 Å². The van der Waals surface area contributed by atoms with E-state index in [0.29, 0.717) is 0 Å². The Labute approximate surface area is 245 Å². The molecule has 0 aliphatic heterocycles. The first-order valence-corrected chi connectivity index (χ1v) is 15.5. The molecule has 0 saturated heterocycles. The molecule has 3 heterocycles. The van der Waals surface area contributed by atoms with Crippen molar-refractivity contribution in [2.45, 2.75) is 0 Å². The van der Waals surface area contributed by atoms with Crippen molar-refractivity contribution in [2.24, 2.45) is 0 Å². The maximum absolute atomic E-state index is 2.44. The second-order valence-electron chi connectivity index (χ2n) is 10.6. The maximum Gasteiger partial charge on any atom is 0.0727 e. The van der Waals surface area contributed by atoms with Crippen LogP contribution in [0.2, 0.25) is 0 Å². The summed E-state index contributed by atoms with van der Waals surface area (Å²) >= 11 is 3.78. The number of benzene rings is 6. The van der Waals surface area contributed by atoms with Gasteiger partial charge in [-0.2, -0.15) is 0 Å². The zero-order valence-electron chi connectivity index (χ0n) is 22.0. The molecule has 0 unspecified atom stereocenters. The highest BCUT2D eigenvalue weighted by Crippen LogP contribution is 2.44. The van der Waals surface area contributed by atoms with Crippen molar-refractivity contribution in [3.8, 4) is 27.9 Å². The van der Waals surface area contributed by atoms with Gasteiger partial charge < -0.3 is 4.57 Å². The number of nitrogens with zero attached hydrogens (tertiary/aromatic N) is 1. The van der Waals surface area contributed by atoms with E-state index in [4.69, 9.17) is 0 Å². The molecule has 0 amide bonds. The zero-order chi connectivity index (χ0) is 26.9. The number of hydrogen-bond donors (Lipinski definition) is 0. The molecular weight excluding hydrogens is 535 g/mol. The lowest BCUT2D eigenvalue weighted by Crippen LogP contribution is -1.92. The van der Waals surface area contributed by atoms with Gasteiger partial charge in [0.2, 0.25) is 0 Å². The normalized spacial score (nSPS) is 11.9. The third kappa shape index (κ3) is 3.53. The Morgan fingerprint density at radius 3 is 1.76 bits per heavy atom. The van der Waals surface area contributed by atoms with Crippen LogP contribution in [0.5, 0.6) is 0 Å². The van der Waals surface area contributed by atoms with E-state index in [2.05, 4.69) is 144 Å². The summed E-state index contributed by atoms with van der Waals surface area (Å²) in [6.45, 7) is 0. The highest BCUT2D eigenvalue weighted by Gasteiger charge is 2.18. The van der Waals surface area contributed by atoms with Gasteiger partial charge in [-0.1, -0.05) is 97.1 Å². The highest BCUT2D eigenvalue weighted by molar-refractivity contribution is 7.27. The lowest BCUT2D eigenvalue weighted by molar-refractivity contribution is 1.19. The van der Waals surface area contributed by atoms with Gasteiger partial charge in [0.1, 0.15) is 0 Å². The molecule has 0 radical (unpaired) electrons. The number of para-hydroxylation sites is 2. The van der Waals surface area contributed by atoms with Crippen LogP contribution in [0.25, 0.3) is 79.3 Å². The maximum atomic E-state index is 2.44. The quantitative estimate of drug-likeness (QED) is 0.204. The van der Waals surface area contributed by atoms with Crippen molar-refractivity contribution >= 4 is 74.1 Å². The van der Waals surface area contributed by atoms with Gasteiger partial charge in [-0.05, 0) is 64.7 Å². The van der Waals surface area contributed by atoms with Gasteiger partial charge in [-0.15, -0.1) is 22.7 Å². The minimum Gasteiger partial charge on any atom is -0.308 e. The second kappa shape index (κ2) is 8.90. The van der Waals surface area contributed by atoms with Gasteiger partial charge in [-0.3, -0.25) is 0 Å². The topological polar surface area (TPSA) is 4.93 Å². The Morgan fingerprint density at radius 2 is 1.00 bits per heavy atom. The first-order chi connectivity index (χ1) is 20.3. The molecule has 9 rings (SSSR count). The van der Waals surface area contributed by atoms with Crippen molar-refractivity contribution in [2.75, 3.05) is 0 Å². The first kappa shape index (κ1) is 23.0. The lowest BCUT2D eigenvalue weighted by Gasteiger charge is -2.08. The number of rotatable bonds is 3. The number of thiophene rings is 2. The monoisotopic (exact) mass is 557 g/mol. The summed E-state index contributed by atoms with van der Waals surface area (Å²) in [6, 6.07) is 51.0. The first-order valence-electron chi connectivity index (χ1n) is 13.9. The summed E-state index contributed by atoms with van der Waals surface area (Å²) in [5.41, 5.74) is 8.80. The zero-order valence-corrected chi connectivity index (χ0v) is 23.7. The Balaban J connectivity index is 1.23. The Kier molecular flexibility index (Phi) is 5.00. The predicted molar refractivity (Wildman–Crippen MR) is 180 cm³/mol. The summed E-state index contributed by atoms with van der Waals surface area (Å²) in [5, 5.41) is 5.29. The molecule has 9 aromatic rings.